The van der Waals surface area contributed by atoms with E-state index in [1.54, 1.807) is 18.4 Å². The summed E-state index contributed by atoms with van der Waals surface area (Å²) in [4.78, 5) is 11.2. The minimum atomic E-state index is 0.505. The number of aliphatic imine (C=N–C) groups is 1. The number of hydrogen-bond donors (Lipinski definition) is 2. The predicted octanol–water partition coefficient (Wildman–Crippen LogP) is 1.46. The van der Waals surface area contributed by atoms with Crippen LogP contribution < -0.4 is 10.6 Å². The summed E-state index contributed by atoms with van der Waals surface area (Å²) in [6.45, 7) is 6.78. The second-order valence-corrected chi connectivity index (χ2v) is 6.65. The topological polar surface area (TPSA) is 52.6 Å². The summed E-state index contributed by atoms with van der Waals surface area (Å²) in [5.74, 6) is 4.04. The maximum Gasteiger partial charge on any atom is 0.191 e. The molecule has 0 bridgehead atoms. The van der Waals surface area contributed by atoms with E-state index in [0.717, 1.165) is 37.1 Å². The molecule has 0 aromatic carbocycles. The highest BCUT2D eigenvalue weighted by molar-refractivity contribution is 7.09. The number of hydrogen-bond acceptors (Lipinski definition) is 4. The molecule has 0 atom stereocenters. The summed E-state index contributed by atoms with van der Waals surface area (Å²) in [5.41, 5.74) is 1.21. The lowest BCUT2D eigenvalue weighted by Gasteiger charge is -2.31. The van der Waals surface area contributed by atoms with Crippen LogP contribution in [0.1, 0.15) is 23.5 Å². The maximum absolute atomic E-state index is 5.25. The van der Waals surface area contributed by atoms with Gasteiger partial charge in [-0.25, -0.2) is 4.98 Å². The van der Waals surface area contributed by atoms with Crippen LogP contribution in [0.25, 0.3) is 0 Å². The van der Waals surface area contributed by atoms with E-state index in [9.17, 15) is 0 Å². The van der Waals surface area contributed by atoms with Crippen molar-refractivity contribution in [3.05, 3.63) is 16.1 Å². The van der Waals surface area contributed by atoms with E-state index in [1.807, 2.05) is 0 Å². The molecular weight excluding hydrogens is 294 g/mol. The fourth-order valence-electron chi connectivity index (χ4n) is 2.66. The fraction of sp³-hybridized carbons (Fsp3) is 0.625. The number of aromatic nitrogens is 1. The molecule has 2 rings (SSSR count). The zero-order chi connectivity index (χ0) is 15.8. The summed E-state index contributed by atoms with van der Waals surface area (Å²) in [5, 5.41) is 9.77. The first-order valence-corrected chi connectivity index (χ1v) is 8.60. The molecule has 120 valence electrons. The average Bonchev–Trinajstić information content (AvgIpc) is 2.94. The number of likely N-dealkylation sites (tertiary alicyclic amines) is 1. The lowest BCUT2D eigenvalue weighted by molar-refractivity contribution is 0.176. The Kier molecular flexibility index (Phi) is 6.69. The van der Waals surface area contributed by atoms with E-state index in [4.69, 9.17) is 6.42 Å². The molecule has 1 aliphatic heterocycles. The molecule has 0 radical (unpaired) electrons. The molecule has 0 spiro atoms. The summed E-state index contributed by atoms with van der Waals surface area (Å²) >= 11 is 1.73. The third-order valence-electron chi connectivity index (χ3n) is 3.90. The van der Waals surface area contributed by atoms with E-state index in [1.165, 1.54) is 18.5 Å². The molecule has 5 nitrogen and oxygen atoms in total. The highest BCUT2D eigenvalue weighted by atomic mass is 32.1. The van der Waals surface area contributed by atoms with Gasteiger partial charge in [-0.2, -0.15) is 0 Å². The molecule has 0 aliphatic carbocycles. The van der Waals surface area contributed by atoms with Crippen molar-refractivity contribution in [1.29, 1.82) is 0 Å². The van der Waals surface area contributed by atoms with Crippen LogP contribution in [0.15, 0.2) is 10.4 Å². The SMILES string of the molecule is C#CCNC(=NC)NCC1CCN(Cc2csc(C)n2)CC1. The molecule has 0 amide bonds. The van der Waals surface area contributed by atoms with Gasteiger partial charge >= 0.3 is 0 Å². The van der Waals surface area contributed by atoms with Gasteiger partial charge in [-0.05, 0) is 38.8 Å². The number of nitrogens with zero attached hydrogens (tertiary/aromatic N) is 3. The van der Waals surface area contributed by atoms with Gasteiger partial charge in [0, 0.05) is 25.5 Å². The van der Waals surface area contributed by atoms with Gasteiger partial charge in [0.15, 0.2) is 5.96 Å². The van der Waals surface area contributed by atoms with Gasteiger partial charge < -0.3 is 10.6 Å². The lowest BCUT2D eigenvalue weighted by Crippen LogP contribution is -2.42. The molecule has 2 heterocycles. The lowest BCUT2D eigenvalue weighted by atomic mass is 9.97. The summed E-state index contributed by atoms with van der Waals surface area (Å²) in [6.07, 6.45) is 7.67. The monoisotopic (exact) mass is 319 g/mol. The van der Waals surface area contributed by atoms with Crippen LogP contribution in [-0.2, 0) is 6.54 Å². The summed E-state index contributed by atoms with van der Waals surface area (Å²) in [6, 6.07) is 0. The van der Waals surface area contributed by atoms with E-state index in [-0.39, 0.29) is 0 Å². The minimum Gasteiger partial charge on any atom is -0.356 e. The number of terminal acetylenes is 1. The van der Waals surface area contributed by atoms with Crippen molar-refractivity contribution in [3.63, 3.8) is 0 Å². The molecule has 1 aromatic rings. The Morgan fingerprint density at radius 1 is 1.50 bits per heavy atom. The number of piperidine rings is 1. The van der Waals surface area contributed by atoms with Gasteiger partial charge in [0.1, 0.15) is 0 Å². The van der Waals surface area contributed by atoms with Crippen LogP contribution in [0.4, 0.5) is 0 Å². The first-order chi connectivity index (χ1) is 10.7. The van der Waals surface area contributed by atoms with Crippen molar-refractivity contribution in [2.45, 2.75) is 26.3 Å². The molecule has 1 aliphatic rings. The van der Waals surface area contributed by atoms with Crippen molar-refractivity contribution in [3.8, 4) is 12.3 Å². The number of aryl methyl sites for hydroxylation is 1. The van der Waals surface area contributed by atoms with Crippen molar-refractivity contribution < 1.29 is 0 Å². The van der Waals surface area contributed by atoms with E-state index < -0.39 is 0 Å². The highest BCUT2D eigenvalue weighted by Gasteiger charge is 2.20. The third kappa shape index (κ3) is 5.32. The van der Waals surface area contributed by atoms with Crippen LogP contribution in [0.5, 0.6) is 0 Å². The van der Waals surface area contributed by atoms with Crippen molar-refractivity contribution in [2.24, 2.45) is 10.9 Å². The molecule has 2 N–H and O–H groups in total. The smallest absolute Gasteiger partial charge is 0.191 e. The van der Waals surface area contributed by atoms with Crippen molar-refractivity contribution in [1.82, 2.24) is 20.5 Å². The van der Waals surface area contributed by atoms with Crippen LogP contribution >= 0.6 is 11.3 Å². The van der Waals surface area contributed by atoms with Crippen LogP contribution in [-0.4, -0.2) is 49.1 Å². The van der Waals surface area contributed by atoms with Crippen LogP contribution in [0.3, 0.4) is 0 Å². The van der Waals surface area contributed by atoms with E-state index in [0.29, 0.717) is 12.5 Å². The molecule has 6 heteroatoms. The van der Waals surface area contributed by atoms with E-state index in [2.05, 4.69) is 43.7 Å². The standard InChI is InChI=1S/C16H25N5S/c1-4-7-18-16(17-3)19-10-14-5-8-21(9-6-14)11-15-12-22-13(2)20-15/h1,12,14H,5-11H2,2-3H3,(H2,17,18,19). The average molecular weight is 319 g/mol. The minimum absolute atomic E-state index is 0.505. The molecule has 1 fully saturated rings. The number of rotatable bonds is 5. The molecule has 1 aromatic heterocycles. The number of nitrogens with one attached hydrogen (secondary N) is 2. The summed E-state index contributed by atoms with van der Waals surface area (Å²) in [7, 11) is 1.77. The first kappa shape index (κ1) is 16.8. The Bertz CT molecular complexity index is 523. The van der Waals surface area contributed by atoms with Crippen LogP contribution in [0, 0.1) is 25.2 Å². The van der Waals surface area contributed by atoms with Crippen LogP contribution in [0.2, 0.25) is 0 Å². The molecule has 22 heavy (non-hydrogen) atoms. The maximum atomic E-state index is 5.25. The second-order valence-electron chi connectivity index (χ2n) is 5.59. The molecule has 1 saturated heterocycles. The Hall–Kier alpha value is -1.58. The van der Waals surface area contributed by atoms with E-state index >= 15 is 0 Å². The van der Waals surface area contributed by atoms with Gasteiger partial charge in [0.25, 0.3) is 0 Å². The Morgan fingerprint density at radius 2 is 2.27 bits per heavy atom. The Morgan fingerprint density at radius 3 is 2.86 bits per heavy atom. The highest BCUT2D eigenvalue weighted by Crippen LogP contribution is 2.19. The summed E-state index contributed by atoms with van der Waals surface area (Å²) < 4.78 is 0. The first-order valence-electron chi connectivity index (χ1n) is 7.72. The zero-order valence-corrected chi connectivity index (χ0v) is 14.2. The number of thiazole rings is 1. The zero-order valence-electron chi connectivity index (χ0n) is 13.4. The van der Waals surface area contributed by atoms with Gasteiger partial charge in [-0.15, -0.1) is 17.8 Å². The number of guanidine groups is 1. The van der Waals surface area contributed by atoms with Gasteiger partial charge in [-0.1, -0.05) is 5.92 Å². The molecule has 0 saturated carbocycles. The predicted molar refractivity (Wildman–Crippen MR) is 93.0 cm³/mol. The van der Waals surface area contributed by atoms with Crippen molar-refractivity contribution in [2.75, 3.05) is 33.2 Å². The third-order valence-corrected chi connectivity index (χ3v) is 4.72. The van der Waals surface area contributed by atoms with Gasteiger partial charge in [0.05, 0.1) is 17.2 Å². The van der Waals surface area contributed by atoms with Gasteiger partial charge in [0.2, 0.25) is 0 Å². The fourth-order valence-corrected chi connectivity index (χ4v) is 3.26. The molecule has 0 unspecified atom stereocenters. The van der Waals surface area contributed by atoms with Gasteiger partial charge in [-0.3, -0.25) is 9.89 Å². The largest absolute Gasteiger partial charge is 0.356 e. The molecular formula is C16H25N5S. The quantitative estimate of drug-likeness (QED) is 0.490. The Balaban J connectivity index is 1.67. The second kappa shape index (κ2) is 8.76. The Labute approximate surface area is 137 Å². The van der Waals surface area contributed by atoms with Crippen molar-refractivity contribution >= 4 is 17.3 Å². The normalized spacial score (nSPS) is 17.2.